The highest BCUT2D eigenvalue weighted by Crippen LogP contribution is 2.24. The van der Waals surface area contributed by atoms with Crippen molar-refractivity contribution < 1.29 is 13.5 Å². The number of aliphatic imine (C=N–C) groups is 1. The Bertz CT molecular complexity index is 1100. The maximum Gasteiger partial charge on any atom is 0.224 e. The monoisotopic (exact) mass is 566 g/mol. The van der Waals surface area contributed by atoms with E-state index in [1.165, 1.54) is 18.2 Å². The predicted molar refractivity (Wildman–Crippen MR) is 134 cm³/mol. The van der Waals surface area contributed by atoms with Crippen molar-refractivity contribution in [2.75, 3.05) is 25.0 Å². The summed E-state index contributed by atoms with van der Waals surface area (Å²) in [6.07, 6.45) is 4.05. The van der Waals surface area contributed by atoms with E-state index in [-0.39, 0.29) is 41.7 Å². The largest absolute Gasteiger partial charge is 0.439 e. The van der Waals surface area contributed by atoms with Crippen LogP contribution in [0, 0.1) is 11.6 Å². The molecule has 0 aliphatic carbocycles. The second-order valence-corrected chi connectivity index (χ2v) is 7.34. The van der Waals surface area contributed by atoms with Gasteiger partial charge >= 0.3 is 0 Å². The molecule has 4 rings (SSSR count). The molecule has 1 aromatic carbocycles. The van der Waals surface area contributed by atoms with E-state index in [4.69, 9.17) is 4.74 Å². The summed E-state index contributed by atoms with van der Waals surface area (Å²) < 4.78 is 33.2. The van der Waals surface area contributed by atoms with Gasteiger partial charge in [0.1, 0.15) is 11.6 Å². The standard InChI is InChI=1S/C23H24F2N6O.HI/c1-26-23(30-18-9-12-31(15-18)21-20(25)8-4-10-27-21)29-14-16-5-3-11-28-22(16)32-19-7-2-6-17(24)13-19;/h2-8,10-11,13,18H,9,12,14-15H2,1H3,(H2,26,29,30);1H. The molecule has 1 atom stereocenters. The normalized spacial score (nSPS) is 15.7. The predicted octanol–water partition coefficient (Wildman–Crippen LogP) is 4.11. The average Bonchev–Trinajstić information content (AvgIpc) is 3.26. The Labute approximate surface area is 208 Å². The van der Waals surface area contributed by atoms with Crippen LogP contribution in [0.25, 0.3) is 0 Å². The minimum atomic E-state index is -0.376. The number of guanidine groups is 1. The molecule has 0 radical (unpaired) electrons. The van der Waals surface area contributed by atoms with Crippen LogP contribution in [0.4, 0.5) is 14.6 Å². The topological polar surface area (TPSA) is 74.7 Å². The fraction of sp³-hybridized carbons (Fsp3) is 0.261. The van der Waals surface area contributed by atoms with Crippen LogP contribution in [0.1, 0.15) is 12.0 Å². The van der Waals surface area contributed by atoms with Crippen LogP contribution in [-0.4, -0.2) is 42.1 Å². The third-order valence-electron chi connectivity index (χ3n) is 5.10. The van der Waals surface area contributed by atoms with Crippen LogP contribution < -0.4 is 20.3 Å². The number of nitrogens with zero attached hydrogens (tertiary/aromatic N) is 4. The fourth-order valence-corrected chi connectivity index (χ4v) is 3.54. The Balaban J connectivity index is 0.00000306. The van der Waals surface area contributed by atoms with Gasteiger partial charge in [0.2, 0.25) is 5.88 Å². The SMILES string of the molecule is CN=C(NCc1cccnc1Oc1cccc(F)c1)NC1CCN(c2ncccc2F)C1.I. The number of aromatic nitrogens is 2. The highest BCUT2D eigenvalue weighted by atomic mass is 127. The highest BCUT2D eigenvalue weighted by Gasteiger charge is 2.26. The summed E-state index contributed by atoms with van der Waals surface area (Å²) >= 11 is 0. The van der Waals surface area contributed by atoms with Crippen LogP contribution in [-0.2, 0) is 6.54 Å². The van der Waals surface area contributed by atoms with Crippen molar-refractivity contribution in [3.63, 3.8) is 0 Å². The molecule has 33 heavy (non-hydrogen) atoms. The van der Waals surface area contributed by atoms with E-state index < -0.39 is 0 Å². The van der Waals surface area contributed by atoms with Gasteiger partial charge in [0.25, 0.3) is 0 Å². The van der Waals surface area contributed by atoms with Crippen molar-refractivity contribution >= 4 is 35.8 Å². The van der Waals surface area contributed by atoms with E-state index in [1.807, 2.05) is 17.0 Å². The molecule has 0 bridgehead atoms. The molecule has 1 fully saturated rings. The van der Waals surface area contributed by atoms with Crippen molar-refractivity contribution in [1.82, 2.24) is 20.6 Å². The molecular weight excluding hydrogens is 541 g/mol. The summed E-state index contributed by atoms with van der Waals surface area (Å²) in [6.45, 7) is 1.73. The highest BCUT2D eigenvalue weighted by molar-refractivity contribution is 14.0. The zero-order chi connectivity index (χ0) is 22.3. The Kier molecular flexibility index (Phi) is 8.75. The molecule has 1 aliphatic rings. The quantitative estimate of drug-likeness (QED) is 0.266. The Morgan fingerprint density at radius 1 is 1.15 bits per heavy atom. The van der Waals surface area contributed by atoms with Crippen molar-refractivity contribution in [2.45, 2.75) is 19.0 Å². The zero-order valence-corrected chi connectivity index (χ0v) is 20.4. The number of hydrogen-bond donors (Lipinski definition) is 2. The lowest BCUT2D eigenvalue weighted by molar-refractivity contribution is 0.450. The first-order chi connectivity index (χ1) is 15.6. The molecule has 0 spiro atoms. The van der Waals surface area contributed by atoms with E-state index in [1.54, 1.807) is 37.6 Å². The minimum Gasteiger partial charge on any atom is -0.439 e. The van der Waals surface area contributed by atoms with Gasteiger partial charge in [-0.05, 0) is 36.8 Å². The Hall–Kier alpha value is -3.02. The molecule has 7 nitrogen and oxygen atoms in total. The molecule has 1 aliphatic heterocycles. The number of halogens is 3. The first kappa shape index (κ1) is 24.6. The number of ether oxygens (including phenoxy) is 1. The van der Waals surface area contributed by atoms with Crippen LogP contribution >= 0.6 is 24.0 Å². The Morgan fingerprint density at radius 3 is 2.76 bits per heavy atom. The summed E-state index contributed by atoms with van der Waals surface area (Å²) in [5.74, 6) is 1.05. The van der Waals surface area contributed by atoms with E-state index in [0.29, 0.717) is 43.0 Å². The van der Waals surface area contributed by atoms with Gasteiger partial charge in [-0.2, -0.15) is 0 Å². The van der Waals surface area contributed by atoms with E-state index >= 15 is 0 Å². The van der Waals surface area contributed by atoms with Crippen molar-refractivity contribution in [3.05, 3.63) is 78.1 Å². The lowest BCUT2D eigenvalue weighted by atomic mass is 10.2. The van der Waals surface area contributed by atoms with Gasteiger partial charge < -0.3 is 20.3 Å². The molecule has 0 saturated carbocycles. The van der Waals surface area contributed by atoms with E-state index in [2.05, 4.69) is 25.6 Å². The first-order valence-electron chi connectivity index (χ1n) is 10.3. The molecule has 10 heteroatoms. The third-order valence-corrected chi connectivity index (χ3v) is 5.10. The van der Waals surface area contributed by atoms with Crippen molar-refractivity contribution in [1.29, 1.82) is 0 Å². The van der Waals surface area contributed by atoms with Crippen LogP contribution in [0.2, 0.25) is 0 Å². The first-order valence-corrected chi connectivity index (χ1v) is 10.3. The maximum absolute atomic E-state index is 14.0. The van der Waals surface area contributed by atoms with Crippen molar-refractivity contribution in [3.8, 4) is 11.6 Å². The molecule has 2 aromatic heterocycles. The maximum atomic E-state index is 14.0. The smallest absolute Gasteiger partial charge is 0.224 e. The summed E-state index contributed by atoms with van der Waals surface area (Å²) in [5, 5.41) is 6.62. The molecule has 1 unspecified atom stereocenters. The fourth-order valence-electron chi connectivity index (χ4n) is 3.54. The number of hydrogen-bond acceptors (Lipinski definition) is 5. The summed E-state index contributed by atoms with van der Waals surface area (Å²) in [5.41, 5.74) is 0.795. The number of pyridine rings is 2. The molecule has 3 aromatic rings. The van der Waals surface area contributed by atoms with Crippen LogP contribution in [0.5, 0.6) is 11.6 Å². The molecular formula is C23H25F2IN6O. The van der Waals surface area contributed by atoms with Gasteiger partial charge in [0.15, 0.2) is 17.6 Å². The van der Waals surface area contributed by atoms with Gasteiger partial charge in [0, 0.05) is 56.7 Å². The number of anilines is 1. The summed E-state index contributed by atoms with van der Waals surface area (Å²) in [6, 6.07) is 12.7. The van der Waals surface area contributed by atoms with E-state index in [9.17, 15) is 8.78 Å². The molecule has 3 heterocycles. The average molecular weight is 566 g/mol. The second-order valence-electron chi connectivity index (χ2n) is 7.34. The Morgan fingerprint density at radius 2 is 1.97 bits per heavy atom. The molecule has 1 saturated heterocycles. The second kappa shape index (κ2) is 11.7. The van der Waals surface area contributed by atoms with Gasteiger partial charge in [0.05, 0.1) is 0 Å². The summed E-state index contributed by atoms with van der Waals surface area (Å²) in [7, 11) is 1.69. The molecule has 0 amide bonds. The number of rotatable bonds is 6. The third kappa shape index (κ3) is 6.50. The number of nitrogens with one attached hydrogen (secondary N) is 2. The van der Waals surface area contributed by atoms with Gasteiger partial charge in [-0.1, -0.05) is 12.1 Å². The van der Waals surface area contributed by atoms with Crippen LogP contribution in [0.3, 0.4) is 0 Å². The lowest BCUT2D eigenvalue weighted by Gasteiger charge is -2.20. The zero-order valence-electron chi connectivity index (χ0n) is 18.0. The van der Waals surface area contributed by atoms with Crippen molar-refractivity contribution in [2.24, 2.45) is 4.99 Å². The van der Waals surface area contributed by atoms with E-state index in [0.717, 1.165) is 12.0 Å². The molecule has 174 valence electrons. The number of benzene rings is 1. The van der Waals surface area contributed by atoms with Gasteiger partial charge in [-0.3, -0.25) is 4.99 Å². The molecule has 2 N–H and O–H groups in total. The van der Waals surface area contributed by atoms with Crippen LogP contribution in [0.15, 0.2) is 65.9 Å². The van der Waals surface area contributed by atoms with Gasteiger partial charge in [-0.25, -0.2) is 18.7 Å². The minimum absolute atomic E-state index is 0. The summed E-state index contributed by atoms with van der Waals surface area (Å²) in [4.78, 5) is 14.6. The lowest BCUT2D eigenvalue weighted by Crippen LogP contribution is -2.44. The van der Waals surface area contributed by atoms with Gasteiger partial charge in [-0.15, -0.1) is 24.0 Å².